The number of thiazole rings is 1. The number of carbonyl (C=O) groups is 1. The Balaban J connectivity index is 1.48. The second-order valence-corrected chi connectivity index (χ2v) is 7.62. The number of aromatic nitrogens is 1. The molecule has 0 fully saturated rings. The molecule has 2 heterocycles. The third-order valence-electron chi connectivity index (χ3n) is 3.64. The number of halogens is 1. The van der Waals surface area contributed by atoms with Crippen molar-refractivity contribution in [3.63, 3.8) is 0 Å². The van der Waals surface area contributed by atoms with Crippen LogP contribution in [0.4, 0.5) is 0 Å². The van der Waals surface area contributed by atoms with Crippen LogP contribution in [0.5, 0.6) is 0 Å². The minimum Gasteiger partial charge on any atom is -0.455 e. The van der Waals surface area contributed by atoms with Crippen molar-refractivity contribution in [2.45, 2.75) is 6.61 Å². The summed E-state index contributed by atoms with van der Waals surface area (Å²) in [4.78, 5) is 17.3. The first-order valence-electron chi connectivity index (χ1n) is 7.56. The van der Waals surface area contributed by atoms with Gasteiger partial charge in [0.1, 0.15) is 16.5 Å². The molecule has 0 saturated heterocycles. The predicted molar refractivity (Wildman–Crippen MR) is 104 cm³/mol. The van der Waals surface area contributed by atoms with Gasteiger partial charge < -0.3 is 4.74 Å². The molecule has 2 aromatic heterocycles. The summed E-state index contributed by atoms with van der Waals surface area (Å²) in [5.74, 6) is -0.416. The summed E-state index contributed by atoms with van der Waals surface area (Å²) in [6, 6.07) is 17.6. The highest BCUT2D eigenvalue weighted by Crippen LogP contribution is 2.35. The van der Waals surface area contributed by atoms with E-state index in [-0.39, 0.29) is 6.61 Å². The fraction of sp³-hybridized carbons (Fsp3) is 0.0526. The van der Waals surface area contributed by atoms with E-state index >= 15 is 0 Å². The lowest BCUT2D eigenvalue weighted by Gasteiger charge is -2.01. The first kappa shape index (κ1) is 16.3. The van der Waals surface area contributed by atoms with Crippen molar-refractivity contribution in [1.82, 2.24) is 4.98 Å². The SMILES string of the molecule is O=C(OCc1csc(-c2ccccc2)n1)c1sc2ccccc2c1Cl. The molecule has 0 saturated carbocycles. The summed E-state index contributed by atoms with van der Waals surface area (Å²) in [5, 5.41) is 4.14. The fourth-order valence-corrected chi connectivity index (χ4v) is 4.65. The van der Waals surface area contributed by atoms with Crippen LogP contribution in [0.3, 0.4) is 0 Å². The Hall–Kier alpha value is -2.21. The average Bonchev–Trinajstić information content (AvgIpc) is 3.26. The Labute approximate surface area is 157 Å². The van der Waals surface area contributed by atoms with Gasteiger partial charge in [0.2, 0.25) is 0 Å². The van der Waals surface area contributed by atoms with Crippen molar-refractivity contribution in [2.24, 2.45) is 0 Å². The number of esters is 1. The van der Waals surface area contributed by atoms with Crippen LogP contribution < -0.4 is 0 Å². The fourth-order valence-electron chi connectivity index (χ4n) is 2.44. The highest BCUT2D eigenvalue weighted by molar-refractivity contribution is 7.21. The normalized spacial score (nSPS) is 10.9. The van der Waals surface area contributed by atoms with Crippen LogP contribution in [-0.2, 0) is 11.3 Å². The standard InChI is InChI=1S/C19H12ClNO2S2/c20-16-14-8-4-5-9-15(14)25-17(16)19(22)23-10-13-11-24-18(21-13)12-6-2-1-3-7-12/h1-9,11H,10H2. The molecule has 124 valence electrons. The molecule has 0 aliphatic heterocycles. The van der Waals surface area contributed by atoms with E-state index in [2.05, 4.69) is 4.98 Å². The zero-order chi connectivity index (χ0) is 17.2. The molecule has 2 aromatic carbocycles. The summed E-state index contributed by atoms with van der Waals surface area (Å²) >= 11 is 9.19. The Morgan fingerprint density at radius 2 is 1.84 bits per heavy atom. The Morgan fingerprint density at radius 3 is 2.64 bits per heavy atom. The third kappa shape index (κ3) is 3.31. The highest BCUT2D eigenvalue weighted by atomic mass is 35.5. The van der Waals surface area contributed by atoms with Gasteiger partial charge in [-0.15, -0.1) is 22.7 Å². The van der Waals surface area contributed by atoms with Gasteiger partial charge in [-0.25, -0.2) is 9.78 Å². The molecular formula is C19H12ClNO2S2. The van der Waals surface area contributed by atoms with E-state index in [1.807, 2.05) is 60.0 Å². The highest BCUT2D eigenvalue weighted by Gasteiger charge is 2.18. The van der Waals surface area contributed by atoms with Gasteiger partial charge in [-0.05, 0) is 6.07 Å². The largest absolute Gasteiger partial charge is 0.455 e. The molecule has 3 nitrogen and oxygen atoms in total. The van der Waals surface area contributed by atoms with Crippen LogP contribution in [0, 0.1) is 0 Å². The monoisotopic (exact) mass is 385 g/mol. The lowest BCUT2D eigenvalue weighted by atomic mass is 10.2. The summed E-state index contributed by atoms with van der Waals surface area (Å²) in [6.07, 6.45) is 0. The smallest absolute Gasteiger partial charge is 0.350 e. The summed E-state index contributed by atoms with van der Waals surface area (Å²) in [5.41, 5.74) is 1.78. The van der Waals surface area contributed by atoms with Gasteiger partial charge in [-0.3, -0.25) is 0 Å². The van der Waals surface area contributed by atoms with Crippen molar-refractivity contribution in [3.05, 3.63) is 75.6 Å². The molecule has 4 rings (SSSR count). The van der Waals surface area contributed by atoms with Gasteiger partial charge >= 0.3 is 5.97 Å². The molecule has 0 bridgehead atoms. The minimum atomic E-state index is -0.416. The second kappa shape index (κ2) is 6.96. The summed E-state index contributed by atoms with van der Waals surface area (Å²) in [6.45, 7) is 0.132. The van der Waals surface area contributed by atoms with E-state index in [4.69, 9.17) is 16.3 Å². The van der Waals surface area contributed by atoms with Crippen molar-refractivity contribution >= 4 is 50.3 Å². The molecule has 25 heavy (non-hydrogen) atoms. The van der Waals surface area contributed by atoms with Crippen molar-refractivity contribution in [1.29, 1.82) is 0 Å². The molecule has 0 N–H and O–H groups in total. The quantitative estimate of drug-likeness (QED) is 0.402. The number of rotatable bonds is 4. The maximum Gasteiger partial charge on any atom is 0.350 e. The number of thiophene rings is 1. The van der Waals surface area contributed by atoms with E-state index in [0.29, 0.717) is 9.90 Å². The topological polar surface area (TPSA) is 39.2 Å². The maximum atomic E-state index is 12.4. The predicted octanol–water partition coefficient (Wildman–Crippen LogP) is 6.04. The second-order valence-electron chi connectivity index (χ2n) is 5.33. The van der Waals surface area contributed by atoms with Crippen molar-refractivity contribution in [3.8, 4) is 10.6 Å². The van der Waals surface area contributed by atoms with Gasteiger partial charge in [0.25, 0.3) is 0 Å². The number of hydrogen-bond acceptors (Lipinski definition) is 5. The molecule has 0 spiro atoms. The van der Waals surface area contributed by atoms with Crippen molar-refractivity contribution in [2.75, 3.05) is 0 Å². The lowest BCUT2D eigenvalue weighted by Crippen LogP contribution is -2.04. The third-order valence-corrected chi connectivity index (χ3v) is 6.24. The molecule has 6 heteroatoms. The molecule has 4 aromatic rings. The van der Waals surface area contributed by atoms with Crippen LogP contribution >= 0.6 is 34.3 Å². The van der Waals surface area contributed by atoms with E-state index in [9.17, 15) is 4.79 Å². The van der Waals surface area contributed by atoms with Crippen LogP contribution in [0.2, 0.25) is 5.02 Å². The maximum absolute atomic E-state index is 12.4. The lowest BCUT2D eigenvalue weighted by molar-refractivity contribution is 0.0474. The molecule has 0 amide bonds. The van der Waals surface area contributed by atoms with Gasteiger partial charge in [0, 0.05) is 21.0 Å². The van der Waals surface area contributed by atoms with Crippen LogP contribution in [0.25, 0.3) is 20.7 Å². The number of fused-ring (bicyclic) bond motifs is 1. The molecule has 0 radical (unpaired) electrons. The summed E-state index contributed by atoms with van der Waals surface area (Å²) in [7, 11) is 0. The van der Waals surface area contributed by atoms with E-state index in [1.165, 1.54) is 22.7 Å². The number of hydrogen-bond donors (Lipinski definition) is 0. The number of carbonyl (C=O) groups excluding carboxylic acids is 1. The van der Waals surface area contributed by atoms with Gasteiger partial charge in [0.05, 0.1) is 10.7 Å². The Bertz CT molecular complexity index is 1040. The van der Waals surface area contributed by atoms with Gasteiger partial charge in [0.15, 0.2) is 0 Å². The molecule has 0 atom stereocenters. The Morgan fingerprint density at radius 1 is 1.08 bits per heavy atom. The van der Waals surface area contributed by atoms with E-state index in [1.54, 1.807) is 0 Å². The first-order chi connectivity index (χ1) is 12.2. The van der Waals surface area contributed by atoms with Crippen LogP contribution in [0.1, 0.15) is 15.4 Å². The van der Waals surface area contributed by atoms with E-state index < -0.39 is 5.97 Å². The van der Waals surface area contributed by atoms with Crippen LogP contribution in [0.15, 0.2) is 60.0 Å². The number of benzene rings is 2. The van der Waals surface area contributed by atoms with E-state index in [0.717, 1.165) is 26.4 Å². The number of ether oxygens (including phenoxy) is 1. The molecule has 0 unspecified atom stereocenters. The van der Waals surface area contributed by atoms with Crippen LogP contribution in [-0.4, -0.2) is 11.0 Å². The summed E-state index contributed by atoms with van der Waals surface area (Å²) < 4.78 is 6.38. The molecular weight excluding hydrogens is 374 g/mol. The average molecular weight is 386 g/mol. The Kier molecular flexibility index (Phi) is 4.53. The van der Waals surface area contributed by atoms with Crippen molar-refractivity contribution < 1.29 is 9.53 Å². The molecule has 0 aliphatic carbocycles. The zero-order valence-electron chi connectivity index (χ0n) is 12.9. The minimum absolute atomic E-state index is 0.132. The first-order valence-corrected chi connectivity index (χ1v) is 9.64. The van der Waals surface area contributed by atoms with Gasteiger partial charge in [-0.2, -0.15) is 0 Å². The zero-order valence-corrected chi connectivity index (χ0v) is 15.3. The molecule has 0 aliphatic rings. The number of nitrogens with zero attached hydrogens (tertiary/aromatic N) is 1. The van der Waals surface area contributed by atoms with Gasteiger partial charge in [-0.1, -0.05) is 60.1 Å².